The summed E-state index contributed by atoms with van der Waals surface area (Å²) < 4.78 is 47.0. The third-order valence-corrected chi connectivity index (χ3v) is 7.00. The Hall–Kier alpha value is -4.51. The van der Waals surface area contributed by atoms with Gasteiger partial charge in [0, 0.05) is 56.6 Å². The number of halogens is 3. The summed E-state index contributed by atoms with van der Waals surface area (Å²) in [5.41, 5.74) is 6.82. The minimum atomic E-state index is -4.58. The molecule has 0 saturated carbocycles. The van der Waals surface area contributed by atoms with Crippen LogP contribution in [-0.4, -0.2) is 78.5 Å². The minimum Gasteiger partial charge on any atom is -0.383 e. The van der Waals surface area contributed by atoms with Gasteiger partial charge in [-0.2, -0.15) is 13.2 Å². The van der Waals surface area contributed by atoms with Gasteiger partial charge >= 0.3 is 6.18 Å². The highest BCUT2D eigenvalue weighted by Crippen LogP contribution is 2.35. The Morgan fingerprint density at radius 3 is 2.58 bits per heavy atom. The van der Waals surface area contributed by atoms with Crippen LogP contribution >= 0.6 is 0 Å². The van der Waals surface area contributed by atoms with E-state index in [4.69, 9.17) is 15.9 Å². The molecule has 3 aromatic rings. The topological polar surface area (TPSA) is 132 Å². The standard InChI is InChI=1S/C30H33F3N8O2/c1-19-4-5-21(14-20(19)7-9-25(34)26-27(35)36-17-37-28(26)38-18-43-3)29(42)39-23-8-6-22(24(15-23)30(31,32)33)16-41-12-10-40(2)11-13-41/h4-6,8,14-15,17,34H,10-13,16,18H2,1-3H3,(H,39,42)(H3,35,36,37,38). The van der Waals surface area contributed by atoms with Gasteiger partial charge in [0.2, 0.25) is 0 Å². The predicted octanol–water partition coefficient (Wildman–Crippen LogP) is 3.82. The van der Waals surface area contributed by atoms with Crippen molar-refractivity contribution >= 4 is 28.9 Å². The molecule has 0 spiro atoms. The Balaban J connectivity index is 1.53. The zero-order valence-corrected chi connectivity index (χ0v) is 24.1. The third kappa shape index (κ3) is 8.07. The Morgan fingerprint density at radius 2 is 1.88 bits per heavy atom. The number of rotatable bonds is 8. The fourth-order valence-corrected chi connectivity index (χ4v) is 4.52. The second-order valence-electron chi connectivity index (χ2n) is 10.2. The van der Waals surface area contributed by atoms with E-state index in [2.05, 4.69) is 37.3 Å². The summed E-state index contributed by atoms with van der Waals surface area (Å²) in [6, 6.07) is 8.63. The number of likely N-dealkylation sites (N-methyl/N-ethyl adjacent to an activating group) is 1. The summed E-state index contributed by atoms with van der Waals surface area (Å²) in [5.74, 6) is 5.35. The van der Waals surface area contributed by atoms with E-state index in [1.54, 1.807) is 19.1 Å². The second kappa shape index (κ2) is 13.6. The number of alkyl halides is 3. The number of ether oxygens (including phenoxy) is 1. The molecular formula is C30H33F3N8O2. The number of carbonyl (C=O) groups is 1. The number of methoxy groups -OCH3 is 1. The molecule has 0 aliphatic carbocycles. The van der Waals surface area contributed by atoms with Crippen molar-refractivity contribution in [2.24, 2.45) is 0 Å². The first-order valence-corrected chi connectivity index (χ1v) is 13.4. The number of aromatic nitrogens is 2. The number of piperazine rings is 1. The van der Waals surface area contributed by atoms with Crippen LogP contribution < -0.4 is 16.4 Å². The molecule has 226 valence electrons. The van der Waals surface area contributed by atoms with Crippen molar-refractivity contribution in [3.63, 3.8) is 0 Å². The highest BCUT2D eigenvalue weighted by Gasteiger charge is 2.34. The summed E-state index contributed by atoms with van der Waals surface area (Å²) in [7, 11) is 3.48. The Bertz CT molecular complexity index is 1560. The van der Waals surface area contributed by atoms with E-state index in [0.717, 1.165) is 24.7 Å². The van der Waals surface area contributed by atoms with E-state index in [-0.39, 0.29) is 53.0 Å². The maximum atomic E-state index is 14.0. The van der Waals surface area contributed by atoms with Crippen LogP contribution in [0.5, 0.6) is 0 Å². The van der Waals surface area contributed by atoms with E-state index < -0.39 is 17.6 Å². The number of hydrogen-bond donors (Lipinski definition) is 4. The number of nitrogens with zero attached hydrogens (tertiary/aromatic N) is 4. The van der Waals surface area contributed by atoms with Gasteiger partial charge in [-0.15, -0.1) is 0 Å². The molecule has 13 heteroatoms. The van der Waals surface area contributed by atoms with Crippen LogP contribution in [0.4, 0.5) is 30.5 Å². The first-order chi connectivity index (χ1) is 20.5. The third-order valence-electron chi connectivity index (χ3n) is 7.00. The van der Waals surface area contributed by atoms with Crippen LogP contribution in [0, 0.1) is 24.2 Å². The van der Waals surface area contributed by atoms with Gasteiger partial charge in [0.25, 0.3) is 5.91 Å². The van der Waals surface area contributed by atoms with Gasteiger partial charge in [0.1, 0.15) is 30.4 Å². The molecule has 2 aromatic carbocycles. The lowest BCUT2D eigenvalue weighted by atomic mass is 10.0. The molecule has 0 atom stereocenters. The van der Waals surface area contributed by atoms with Gasteiger partial charge in [-0.05, 0) is 55.3 Å². The van der Waals surface area contributed by atoms with E-state index in [9.17, 15) is 18.0 Å². The van der Waals surface area contributed by atoms with Crippen molar-refractivity contribution in [2.45, 2.75) is 19.6 Å². The molecule has 1 saturated heterocycles. The molecule has 5 N–H and O–H groups in total. The molecule has 0 bridgehead atoms. The van der Waals surface area contributed by atoms with Gasteiger partial charge in [-0.25, -0.2) is 9.97 Å². The Kier molecular flexibility index (Phi) is 9.97. The quantitative estimate of drug-likeness (QED) is 0.176. The van der Waals surface area contributed by atoms with Crippen molar-refractivity contribution in [1.29, 1.82) is 5.41 Å². The Morgan fingerprint density at radius 1 is 1.14 bits per heavy atom. The fourth-order valence-electron chi connectivity index (χ4n) is 4.52. The molecule has 1 aromatic heterocycles. The fraction of sp³-hybridized carbons (Fsp3) is 0.333. The van der Waals surface area contributed by atoms with Crippen molar-refractivity contribution in [3.8, 4) is 11.8 Å². The summed E-state index contributed by atoms with van der Waals surface area (Å²) >= 11 is 0. The number of amides is 1. The minimum absolute atomic E-state index is 0.0325. The molecule has 1 aliphatic rings. The number of anilines is 3. The van der Waals surface area contributed by atoms with Crippen LogP contribution in [0.3, 0.4) is 0 Å². The normalized spacial score (nSPS) is 14.1. The number of nitrogens with two attached hydrogens (primary N) is 1. The first kappa shape index (κ1) is 31.4. The van der Waals surface area contributed by atoms with E-state index in [1.807, 2.05) is 11.9 Å². The maximum Gasteiger partial charge on any atom is 0.416 e. The van der Waals surface area contributed by atoms with E-state index in [0.29, 0.717) is 18.7 Å². The van der Waals surface area contributed by atoms with E-state index >= 15 is 0 Å². The molecule has 0 radical (unpaired) electrons. The largest absolute Gasteiger partial charge is 0.416 e. The highest BCUT2D eigenvalue weighted by molar-refractivity contribution is 6.16. The average Bonchev–Trinajstić information content (AvgIpc) is 2.96. The molecular weight excluding hydrogens is 561 g/mol. The van der Waals surface area contributed by atoms with Crippen molar-refractivity contribution in [2.75, 3.05) is 63.4 Å². The van der Waals surface area contributed by atoms with Crippen molar-refractivity contribution in [1.82, 2.24) is 19.8 Å². The van der Waals surface area contributed by atoms with Crippen LogP contribution in [0.25, 0.3) is 0 Å². The second-order valence-corrected chi connectivity index (χ2v) is 10.2. The first-order valence-electron chi connectivity index (χ1n) is 13.4. The lowest BCUT2D eigenvalue weighted by Crippen LogP contribution is -2.44. The molecule has 1 aliphatic heterocycles. The van der Waals surface area contributed by atoms with E-state index in [1.165, 1.54) is 31.6 Å². The average molecular weight is 595 g/mol. The number of hydrogen-bond acceptors (Lipinski definition) is 9. The molecule has 1 amide bonds. The summed E-state index contributed by atoms with van der Waals surface area (Å²) in [6.07, 6.45) is -3.32. The van der Waals surface area contributed by atoms with Crippen LogP contribution in [0.15, 0.2) is 42.7 Å². The molecule has 0 unspecified atom stereocenters. The van der Waals surface area contributed by atoms with Gasteiger partial charge in [-0.1, -0.05) is 18.1 Å². The zero-order valence-electron chi connectivity index (χ0n) is 24.1. The zero-order chi connectivity index (χ0) is 31.1. The molecule has 2 heterocycles. The monoisotopic (exact) mass is 594 g/mol. The van der Waals surface area contributed by atoms with Crippen LogP contribution in [0.1, 0.15) is 38.2 Å². The van der Waals surface area contributed by atoms with Crippen LogP contribution in [-0.2, 0) is 17.5 Å². The summed E-state index contributed by atoms with van der Waals surface area (Å²) in [6.45, 7) is 5.05. The molecule has 1 fully saturated rings. The number of aryl methyl sites for hydroxylation is 1. The van der Waals surface area contributed by atoms with Crippen molar-refractivity contribution < 1.29 is 22.7 Å². The molecule has 10 nitrogen and oxygen atoms in total. The predicted molar refractivity (Wildman–Crippen MR) is 159 cm³/mol. The number of benzene rings is 2. The number of nitrogen functional groups attached to an aromatic ring is 1. The lowest BCUT2D eigenvalue weighted by Gasteiger charge is -2.33. The molecule has 43 heavy (non-hydrogen) atoms. The van der Waals surface area contributed by atoms with Gasteiger partial charge < -0.3 is 26.0 Å². The SMILES string of the molecule is COCNc1ncnc(N)c1C(=N)C#Cc1cc(C(=O)Nc2ccc(CN3CCN(C)CC3)c(C(F)(F)F)c2)ccc1C. The molecule has 4 rings (SSSR count). The van der Waals surface area contributed by atoms with Crippen molar-refractivity contribution in [3.05, 3.63) is 76.1 Å². The number of nitrogens with one attached hydrogen (secondary N) is 3. The van der Waals surface area contributed by atoms with Gasteiger partial charge in [-0.3, -0.25) is 15.1 Å². The van der Waals surface area contributed by atoms with Gasteiger partial charge in [0.15, 0.2) is 0 Å². The lowest BCUT2D eigenvalue weighted by molar-refractivity contribution is -0.138. The number of carbonyl (C=O) groups excluding carboxylic acids is 1. The Labute approximate surface area is 248 Å². The highest BCUT2D eigenvalue weighted by atomic mass is 19.4. The summed E-state index contributed by atoms with van der Waals surface area (Å²) in [4.78, 5) is 25.2. The maximum absolute atomic E-state index is 14.0. The van der Waals surface area contributed by atoms with Gasteiger partial charge in [0.05, 0.1) is 11.1 Å². The van der Waals surface area contributed by atoms with Crippen LogP contribution in [0.2, 0.25) is 0 Å². The summed E-state index contributed by atoms with van der Waals surface area (Å²) in [5, 5.41) is 13.9. The smallest absolute Gasteiger partial charge is 0.383 e.